The molecule has 1 aromatic heterocycles. The standard InChI is InChI=1S/C16H15Cl2N3O2S/c1-3-21(9(2)22)16-20-11(8-24-16)4-5-14(23)10-6-12(17)15(19)13(18)7-10/h4-8H,3,19H2,1-2H3/b5-4+. The van der Waals surface area contributed by atoms with E-state index < -0.39 is 0 Å². The van der Waals surface area contributed by atoms with Gasteiger partial charge >= 0.3 is 0 Å². The molecule has 2 N–H and O–H groups in total. The molecule has 0 bridgehead atoms. The summed E-state index contributed by atoms with van der Waals surface area (Å²) in [4.78, 5) is 29.6. The lowest BCUT2D eigenvalue weighted by Crippen LogP contribution is -2.27. The van der Waals surface area contributed by atoms with Crippen molar-refractivity contribution in [1.29, 1.82) is 0 Å². The molecule has 1 aromatic carbocycles. The fraction of sp³-hybridized carbons (Fsp3) is 0.188. The third-order valence-electron chi connectivity index (χ3n) is 3.21. The lowest BCUT2D eigenvalue weighted by Gasteiger charge is -2.14. The van der Waals surface area contributed by atoms with Crippen LogP contribution in [0.3, 0.4) is 0 Å². The molecule has 8 heteroatoms. The number of hydrogen-bond donors (Lipinski definition) is 1. The molecule has 0 saturated carbocycles. The molecular weight excluding hydrogens is 369 g/mol. The van der Waals surface area contributed by atoms with Crippen molar-refractivity contribution in [3.05, 3.63) is 44.9 Å². The fourth-order valence-electron chi connectivity index (χ4n) is 1.95. The second-order valence-corrected chi connectivity index (χ2v) is 6.52. The van der Waals surface area contributed by atoms with E-state index in [-0.39, 0.29) is 27.4 Å². The number of amides is 1. The van der Waals surface area contributed by atoms with Gasteiger partial charge in [0.05, 0.1) is 21.4 Å². The number of thiazole rings is 1. The van der Waals surface area contributed by atoms with Gasteiger partial charge in [-0.3, -0.25) is 14.5 Å². The van der Waals surface area contributed by atoms with E-state index in [2.05, 4.69) is 4.98 Å². The topological polar surface area (TPSA) is 76.3 Å². The van der Waals surface area contributed by atoms with Crippen LogP contribution in [0.2, 0.25) is 10.0 Å². The number of hydrogen-bond acceptors (Lipinski definition) is 5. The molecule has 0 unspecified atom stereocenters. The summed E-state index contributed by atoms with van der Waals surface area (Å²) >= 11 is 13.2. The van der Waals surface area contributed by atoms with Crippen LogP contribution >= 0.6 is 34.5 Å². The SMILES string of the molecule is CCN(C(C)=O)c1nc(/C=C/C(=O)c2cc(Cl)c(N)c(Cl)c2)cs1. The van der Waals surface area contributed by atoms with Gasteiger partial charge in [0.25, 0.3) is 0 Å². The predicted molar refractivity (Wildman–Crippen MR) is 100 cm³/mol. The van der Waals surface area contributed by atoms with Crippen LogP contribution in [0, 0.1) is 0 Å². The number of carbonyl (C=O) groups excluding carboxylic acids is 2. The molecule has 126 valence electrons. The number of aromatic nitrogens is 1. The maximum atomic E-state index is 12.2. The minimum absolute atomic E-state index is 0.0791. The first kappa shape index (κ1) is 18.4. The molecule has 24 heavy (non-hydrogen) atoms. The number of anilines is 2. The van der Waals surface area contributed by atoms with Gasteiger partial charge in [0, 0.05) is 24.4 Å². The number of rotatable bonds is 5. The van der Waals surface area contributed by atoms with Gasteiger partial charge in [-0.1, -0.05) is 23.2 Å². The first-order valence-electron chi connectivity index (χ1n) is 7.04. The number of benzene rings is 1. The molecule has 0 atom stereocenters. The van der Waals surface area contributed by atoms with Crippen LogP contribution in [0.4, 0.5) is 10.8 Å². The van der Waals surface area contributed by atoms with Gasteiger partial charge in [-0.25, -0.2) is 4.98 Å². The highest BCUT2D eigenvalue weighted by atomic mass is 35.5. The average molecular weight is 384 g/mol. The lowest BCUT2D eigenvalue weighted by molar-refractivity contribution is -0.116. The molecule has 2 aromatic rings. The Morgan fingerprint density at radius 2 is 1.96 bits per heavy atom. The molecule has 0 aliphatic rings. The summed E-state index contributed by atoms with van der Waals surface area (Å²) in [6.07, 6.45) is 2.95. The highest BCUT2D eigenvalue weighted by molar-refractivity contribution is 7.14. The Morgan fingerprint density at radius 1 is 1.33 bits per heavy atom. The van der Waals surface area contributed by atoms with Crippen LogP contribution in [0.1, 0.15) is 29.9 Å². The molecule has 2 rings (SSSR count). The van der Waals surface area contributed by atoms with E-state index in [1.165, 1.54) is 36.5 Å². The van der Waals surface area contributed by atoms with E-state index in [1.54, 1.807) is 16.4 Å². The summed E-state index contributed by atoms with van der Waals surface area (Å²) in [5.41, 5.74) is 6.82. The zero-order chi connectivity index (χ0) is 17.9. The van der Waals surface area contributed by atoms with E-state index >= 15 is 0 Å². The molecule has 1 amide bonds. The van der Waals surface area contributed by atoms with Gasteiger partial charge < -0.3 is 5.73 Å². The van der Waals surface area contributed by atoms with Gasteiger partial charge in [0.1, 0.15) is 0 Å². The predicted octanol–water partition coefficient (Wildman–Crippen LogP) is 4.30. The molecule has 5 nitrogen and oxygen atoms in total. The van der Waals surface area contributed by atoms with E-state index in [0.29, 0.717) is 22.9 Å². The maximum absolute atomic E-state index is 12.2. The maximum Gasteiger partial charge on any atom is 0.225 e. The highest BCUT2D eigenvalue weighted by Crippen LogP contribution is 2.29. The van der Waals surface area contributed by atoms with Crippen molar-refractivity contribution in [2.24, 2.45) is 0 Å². The van der Waals surface area contributed by atoms with Crippen molar-refractivity contribution >= 4 is 63.1 Å². The number of nitrogens with zero attached hydrogens (tertiary/aromatic N) is 2. The summed E-state index contributed by atoms with van der Waals surface area (Å²) in [6, 6.07) is 2.94. The number of nitrogens with two attached hydrogens (primary N) is 1. The van der Waals surface area contributed by atoms with Crippen LogP contribution in [-0.2, 0) is 4.79 Å². The van der Waals surface area contributed by atoms with Crippen LogP contribution in [-0.4, -0.2) is 23.2 Å². The minimum atomic E-state index is -0.271. The van der Waals surface area contributed by atoms with Crippen molar-refractivity contribution in [2.45, 2.75) is 13.8 Å². The summed E-state index contributed by atoms with van der Waals surface area (Å²) in [5.74, 6) is -0.350. The van der Waals surface area contributed by atoms with Crippen molar-refractivity contribution in [3.63, 3.8) is 0 Å². The summed E-state index contributed by atoms with van der Waals surface area (Å²) in [7, 11) is 0. The van der Waals surface area contributed by atoms with Crippen molar-refractivity contribution in [2.75, 3.05) is 17.2 Å². The molecular formula is C16H15Cl2N3O2S. The van der Waals surface area contributed by atoms with Gasteiger partial charge in [-0.2, -0.15) is 0 Å². The van der Waals surface area contributed by atoms with Crippen molar-refractivity contribution in [3.8, 4) is 0 Å². The quantitative estimate of drug-likeness (QED) is 0.474. The summed E-state index contributed by atoms with van der Waals surface area (Å²) in [5, 5.41) is 2.83. The second-order valence-electron chi connectivity index (χ2n) is 4.87. The molecule has 0 aliphatic carbocycles. The number of nitrogen functional groups attached to an aromatic ring is 1. The second kappa shape index (κ2) is 7.79. The number of halogens is 2. The van der Waals surface area contributed by atoms with Gasteiger partial charge in [0.15, 0.2) is 10.9 Å². The minimum Gasteiger partial charge on any atom is -0.396 e. The Bertz CT molecular complexity index is 794. The van der Waals surface area contributed by atoms with E-state index in [4.69, 9.17) is 28.9 Å². The van der Waals surface area contributed by atoms with Crippen molar-refractivity contribution < 1.29 is 9.59 Å². The normalized spacial score (nSPS) is 11.0. The van der Waals surface area contributed by atoms with E-state index in [1.807, 2.05) is 6.92 Å². The molecule has 0 fully saturated rings. The Labute approximate surface area is 153 Å². The molecule has 0 saturated heterocycles. The highest BCUT2D eigenvalue weighted by Gasteiger charge is 2.13. The van der Waals surface area contributed by atoms with E-state index in [0.717, 1.165) is 0 Å². The molecule has 1 heterocycles. The molecule has 0 radical (unpaired) electrons. The third-order valence-corrected chi connectivity index (χ3v) is 4.71. The fourth-order valence-corrected chi connectivity index (χ4v) is 3.34. The number of allylic oxidation sites excluding steroid dienone is 1. The Morgan fingerprint density at radius 3 is 2.50 bits per heavy atom. The Hall–Kier alpha value is -1.89. The lowest BCUT2D eigenvalue weighted by atomic mass is 10.1. The summed E-state index contributed by atoms with van der Waals surface area (Å²) in [6.45, 7) is 3.89. The average Bonchev–Trinajstić information content (AvgIpc) is 2.98. The van der Waals surface area contributed by atoms with Crippen LogP contribution in [0.15, 0.2) is 23.6 Å². The Kier molecular flexibility index (Phi) is 5.99. The third kappa shape index (κ3) is 4.14. The zero-order valence-electron chi connectivity index (χ0n) is 13.0. The first-order chi connectivity index (χ1) is 11.3. The number of carbonyl (C=O) groups is 2. The molecule has 0 spiro atoms. The summed E-state index contributed by atoms with van der Waals surface area (Å²) < 4.78 is 0. The largest absolute Gasteiger partial charge is 0.396 e. The van der Waals surface area contributed by atoms with Gasteiger partial charge in [-0.15, -0.1) is 11.3 Å². The van der Waals surface area contributed by atoms with Crippen molar-refractivity contribution in [1.82, 2.24) is 4.98 Å². The van der Waals surface area contributed by atoms with Crippen LogP contribution in [0.5, 0.6) is 0 Å². The van der Waals surface area contributed by atoms with Crippen LogP contribution < -0.4 is 10.6 Å². The van der Waals surface area contributed by atoms with Gasteiger partial charge in [-0.05, 0) is 31.2 Å². The van der Waals surface area contributed by atoms with E-state index in [9.17, 15) is 9.59 Å². The van der Waals surface area contributed by atoms with Crippen LogP contribution in [0.25, 0.3) is 6.08 Å². The monoisotopic (exact) mass is 383 g/mol. The first-order valence-corrected chi connectivity index (χ1v) is 8.67. The smallest absolute Gasteiger partial charge is 0.225 e. The van der Waals surface area contributed by atoms with Gasteiger partial charge in [0.2, 0.25) is 5.91 Å². The zero-order valence-corrected chi connectivity index (χ0v) is 15.4. The number of ketones is 1. The molecule has 0 aliphatic heterocycles. The Balaban J connectivity index is 2.18.